The van der Waals surface area contributed by atoms with E-state index in [1.54, 1.807) is 13.8 Å². The standard InChI is InChI=1S/C16H21F2NO3S/c1-5-6-14(20)19-12-8-13(11(18)7-10(12)17)23-15(9(2)3)16(21)22-4/h7-9,15H,5-6H2,1-4H3,(H,19,20). The summed E-state index contributed by atoms with van der Waals surface area (Å²) in [5, 5.41) is 1.79. The summed E-state index contributed by atoms with van der Waals surface area (Å²) in [4.78, 5) is 23.5. The average Bonchev–Trinajstić information content (AvgIpc) is 2.48. The third-order valence-electron chi connectivity index (χ3n) is 3.07. The number of amides is 1. The zero-order valence-electron chi connectivity index (χ0n) is 13.6. The zero-order chi connectivity index (χ0) is 17.6. The minimum Gasteiger partial charge on any atom is -0.468 e. The van der Waals surface area contributed by atoms with Crippen LogP contribution in [0.1, 0.15) is 33.6 Å². The second kappa shape index (κ2) is 8.86. The van der Waals surface area contributed by atoms with Crippen molar-refractivity contribution in [1.29, 1.82) is 0 Å². The van der Waals surface area contributed by atoms with Crippen LogP contribution in [0.25, 0.3) is 0 Å². The van der Waals surface area contributed by atoms with Gasteiger partial charge in [-0.1, -0.05) is 20.8 Å². The summed E-state index contributed by atoms with van der Waals surface area (Å²) >= 11 is 0.952. The van der Waals surface area contributed by atoms with Crippen molar-refractivity contribution in [3.05, 3.63) is 23.8 Å². The highest BCUT2D eigenvalue weighted by Gasteiger charge is 2.26. The van der Waals surface area contributed by atoms with Crippen LogP contribution in [0.2, 0.25) is 0 Å². The van der Waals surface area contributed by atoms with E-state index in [9.17, 15) is 18.4 Å². The Morgan fingerprint density at radius 3 is 2.43 bits per heavy atom. The molecule has 0 aliphatic carbocycles. The van der Waals surface area contributed by atoms with Gasteiger partial charge in [-0.15, -0.1) is 11.8 Å². The molecule has 1 N–H and O–H groups in total. The van der Waals surface area contributed by atoms with Gasteiger partial charge in [-0.2, -0.15) is 0 Å². The topological polar surface area (TPSA) is 55.4 Å². The van der Waals surface area contributed by atoms with E-state index in [2.05, 4.69) is 5.32 Å². The summed E-state index contributed by atoms with van der Waals surface area (Å²) in [7, 11) is 1.26. The van der Waals surface area contributed by atoms with E-state index in [0.717, 1.165) is 11.8 Å². The Morgan fingerprint density at radius 1 is 1.26 bits per heavy atom. The Balaban J connectivity index is 3.06. The molecule has 0 aliphatic heterocycles. The van der Waals surface area contributed by atoms with E-state index >= 15 is 0 Å². The van der Waals surface area contributed by atoms with Gasteiger partial charge in [-0.3, -0.25) is 9.59 Å². The zero-order valence-corrected chi connectivity index (χ0v) is 14.4. The number of hydrogen-bond donors (Lipinski definition) is 1. The van der Waals surface area contributed by atoms with Gasteiger partial charge in [0.2, 0.25) is 5.91 Å². The minimum atomic E-state index is -0.851. The van der Waals surface area contributed by atoms with Crippen molar-refractivity contribution in [3.8, 4) is 0 Å². The molecule has 0 fully saturated rings. The van der Waals surface area contributed by atoms with Crippen molar-refractivity contribution in [2.45, 2.75) is 43.8 Å². The van der Waals surface area contributed by atoms with Gasteiger partial charge < -0.3 is 10.1 Å². The number of carbonyl (C=O) groups excluding carboxylic acids is 2. The fourth-order valence-electron chi connectivity index (χ4n) is 1.86. The molecule has 0 spiro atoms. The monoisotopic (exact) mass is 345 g/mol. The highest BCUT2D eigenvalue weighted by atomic mass is 32.2. The number of rotatable bonds is 7. The summed E-state index contributed by atoms with van der Waals surface area (Å²) in [6, 6.07) is 1.92. The summed E-state index contributed by atoms with van der Waals surface area (Å²) < 4.78 is 32.5. The lowest BCUT2D eigenvalue weighted by atomic mass is 10.1. The number of halogens is 2. The van der Waals surface area contributed by atoms with E-state index in [1.165, 1.54) is 13.2 Å². The van der Waals surface area contributed by atoms with Crippen molar-refractivity contribution < 1.29 is 23.1 Å². The van der Waals surface area contributed by atoms with E-state index < -0.39 is 22.9 Å². The van der Waals surface area contributed by atoms with Gasteiger partial charge >= 0.3 is 5.97 Å². The maximum atomic E-state index is 14.0. The van der Waals surface area contributed by atoms with Gasteiger partial charge in [0.1, 0.15) is 16.9 Å². The van der Waals surface area contributed by atoms with Gasteiger partial charge in [0.25, 0.3) is 0 Å². The molecule has 1 atom stereocenters. The van der Waals surface area contributed by atoms with Crippen LogP contribution in [0, 0.1) is 17.6 Å². The van der Waals surface area contributed by atoms with E-state index in [1.807, 2.05) is 6.92 Å². The molecule has 1 unspecified atom stereocenters. The maximum absolute atomic E-state index is 14.0. The highest BCUT2D eigenvalue weighted by Crippen LogP contribution is 2.34. The minimum absolute atomic E-state index is 0.0855. The molecule has 0 aromatic heterocycles. The van der Waals surface area contributed by atoms with Gasteiger partial charge in [-0.05, 0) is 18.4 Å². The van der Waals surface area contributed by atoms with Crippen molar-refractivity contribution >= 4 is 29.3 Å². The van der Waals surface area contributed by atoms with Gasteiger partial charge in [0.05, 0.1) is 12.8 Å². The number of benzene rings is 1. The molecule has 23 heavy (non-hydrogen) atoms. The van der Waals surface area contributed by atoms with E-state index in [-0.39, 0.29) is 28.8 Å². The molecule has 1 amide bonds. The Bertz CT molecular complexity index is 579. The van der Waals surface area contributed by atoms with Crippen LogP contribution in [-0.2, 0) is 14.3 Å². The van der Waals surface area contributed by atoms with Crippen LogP contribution in [0.5, 0.6) is 0 Å². The van der Waals surface area contributed by atoms with Crippen LogP contribution in [0.15, 0.2) is 17.0 Å². The van der Waals surface area contributed by atoms with Crippen LogP contribution >= 0.6 is 11.8 Å². The Kier molecular flexibility index (Phi) is 7.48. The first kappa shape index (κ1) is 19.4. The number of ether oxygens (including phenoxy) is 1. The summed E-state index contributed by atoms with van der Waals surface area (Å²) in [6.07, 6.45) is 0.865. The molecule has 0 radical (unpaired) electrons. The number of carbonyl (C=O) groups is 2. The first-order valence-electron chi connectivity index (χ1n) is 7.33. The quantitative estimate of drug-likeness (QED) is 0.600. The van der Waals surface area contributed by atoms with Gasteiger partial charge in [0, 0.05) is 17.4 Å². The first-order chi connectivity index (χ1) is 10.8. The number of nitrogens with one attached hydrogen (secondary N) is 1. The summed E-state index contributed by atoms with van der Waals surface area (Å²) in [5.74, 6) is -2.56. The number of methoxy groups -OCH3 is 1. The highest BCUT2D eigenvalue weighted by molar-refractivity contribution is 8.00. The number of esters is 1. The van der Waals surface area contributed by atoms with Crippen molar-refractivity contribution in [2.75, 3.05) is 12.4 Å². The molecule has 4 nitrogen and oxygen atoms in total. The lowest BCUT2D eigenvalue weighted by Crippen LogP contribution is -2.24. The molecule has 0 saturated heterocycles. The molecule has 1 rings (SSSR count). The smallest absolute Gasteiger partial charge is 0.319 e. The summed E-state index contributed by atoms with van der Waals surface area (Å²) in [5.41, 5.74) is -0.0975. The third-order valence-corrected chi connectivity index (χ3v) is 4.62. The average molecular weight is 345 g/mol. The summed E-state index contributed by atoms with van der Waals surface area (Å²) in [6.45, 7) is 5.44. The van der Waals surface area contributed by atoms with Crippen LogP contribution in [-0.4, -0.2) is 24.2 Å². The molecule has 7 heteroatoms. The Labute approximate surface area is 139 Å². The van der Waals surface area contributed by atoms with Gasteiger partial charge in [0.15, 0.2) is 0 Å². The molecule has 1 aromatic carbocycles. The number of anilines is 1. The lowest BCUT2D eigenvalue weighted by molar-refractivity contribution is -0.140. The molecular formula is C16H21F2NO3S. The molecule has 0 bridgehead atoms. The largest absolute Gasteiger partial charge is 0.468 e. The lowest BCUT2D eigenvalue weighted by Gasteiger charge is -2.18. The van der Waals surface area contributed by atoms with Crippen molar-refractivity contribution in [2.24, 2.45) is 5.92 Å². The van der Waals surface area contributed by atoms with Crippen molar-refractivity contribution in [3.63, 3.8) is 0 Å². The van der Waals surface area contributed by atoms with Crippen LogP contribution in [0.4, 0.5) is 14.5 Å². The molecule has 0 saturated carbocycles. The second-order valence-corrected chi connectivity index (χ2v) is 6.55. The third kappa shape index (κ3) is 5.49. The number of hydrogen-bond acceptors (Lipinski definition) is 4. The van der Waals surface area contributed by atoms with Gasteiger partial charge in [-0.25, -0.2) is 8.78 Å². The molecule has 128 valence electrons. The van der Waals surface area contributed by atoms with Crippen LogP contribution < -0.4 is 5.32 Å². The Morgan fingerprint density at radius 2 is 1.91 bits per heavy atom. The molecule has 0 heterocycles. The van der Waals surface area contributed by atoms with E-state index in [0.29, 0.717) is 12.5 Å². The maximum Gasteiger partial charge on any atom is 0.319 e. The fourth-order valence-corrected chi connectivity index (χ4v) is 2.96. The Hall–Kier alpha value is -1.63. The number of thioether (sulfide) groups is 1. The predicted octanol–water partition coefficient (Wildman–Crippen LogP) is 3.99. The molecular weight excluding hydrogens is 324 g/mol. The first-order valence-corrected chi connectivity index (χ1v) is 8.21. The second-order valence-electron chi connectivity index (χ2n) is 5.37. The molecule has 0 aliphatic rings. The predicted molar refractivity (Wildman–Crippen MR) is 86.4 cm³/mol. The fraction of sp³-hybridized carbons (Fsp3) is 0.500. The normalized spacial score (nSPS) is 12.1. The molecule has 1 aromatic rings. The van der Waals surface area contributed by atoms with Crippen molar-refractivity contribution in [1.82, 2.24) is 0 Å². The SMILES string of the molecule is CCCC(=O)Nc1cc(SC(C(=O)OC)C(C)C)c(F)cc1F. The van der Waals surface area contributed by atoms with E-state index in [4.69, 9.17) is 4.74 Å². The van der Waals surface area contributed by atoms with Crippen LogP contribution in [0.3, 0.4) is 0 Å².